The first-order valence-electron chi connectivity index (χ1n) is 7.04. The van der Waals surface area contributed by atoms with E-state index in [2.05, 4.69) is 4.72 Å². The summed E-state index contributed by atoms with van der Waals surface area (Å²) in [5, 5.41) is -1.43. The van der Waals surface area contributed by atoms with Crippen molar-refractivity contribution in [3.05, 3.63) is 29.3 Å². The minimum Gasteiger partial charge on any atom is -0.282 e. The third-order valence-electron chi connectivity index (χ3n) is 4.11. The van der Waals surface area contributed by atoms with Crippen LogP contribution in [0.5, 0.6) is 0 Å². The second-order valence-corrected chi connectivity index (χ2v) is 7.47. The first-order valence-corrected chi connectivity index (χ1v) is 8.58. The number of nitrogens with zero attached hydrogens (tertiary/aromatic N) is 2. The number of amides is 3. The highest BCUT2D eigenvalue weighted by molar-refractivity contribution is 7.94. The van der Waals surface area contributed by atoms with Gasteiger partial charge in [-0.15, -0.1) is 0 Å². The number of imide groups is 1. The maximum Gasteiger partial charge on any atom is 0.500 e. The number of benzene rings is 1. The van der Waals surface area contributed by atoms with Crippen molar-refractivity contribution >= 4 is 33.4 Å². The van der Waals surface area contributed by atoms with E-state index < -0.39 is 27.2 Å². The Kier molecular flexibility index (Phi) is 4.30. The molecule has 1 unspecified atom stereocenters. The highest BCUT2D eigenvalue weighted by Crippen LogP contribution is 2.20. The predicted molar refractivity (Wildman–Crippen MR) is 87.3 cm³/mol. The first-order chi connectivity index (χ1) is 10.6. The van der Waals surface area contributed by atoms with E-state index in [0.29, 0.717) is 5.69 Å². The predicted octanol–water partition coefficient (Wildman–Crippen LogP) is 1.11. The van der Waals surface area contributed by atoms with Crippen molar-refractivity contribution in [3.8, 4) is 0 Å². The van der Waals surface area contributed by atoms with Crippen LogP contribution in [0, 0.1) is 13.8 Å². The number of anilines is 1. The van der Waals surface area contributed by atoms with Crippen molar-refractivity contribution in [3.63, 3.8) is 0 Å². The Morgan fingerprint density at radius 3 is 2.30 bits per heavy atom. The molecule has 23 heavy (non-hydrogen) atoms. The van der Waals surface area contributed by atoms with E-state index in [9.17, 15) is 18.0 Å². The van der Waals surface area contributed by atoms with Gasteiger partial charge in [0.2, 0.25) is 5.25 Å². The van der Waals surface area contributed by atoms with Gasteiger partial charge in [0.15, 0.2) is 0 Å². The summed E-state index contributed by atoms with van der Waals surface area (Å²) in [6.07, 6.45) is 0. The number of urea groups is 1. The van der Waals surface area contributed by atoms with Crippen molar-refractivity contribution in [1.82, 2.24) is 4.90 Å². The number of carbonyl (C=O) groups excluding carboxylic acids is 2. The second-order valence-electron chi connectivity index (χ2n) is 5.71. The Morgan fingerprint density at radius 1 is 1.13 bits per heavy atom. The first kappa shape index (κ1) is 17.1. The fourth-order valence-electron chi connectivity index (χ4n) is 2.39. The third kappa shape index (κ3) is 2.98. The summed E-state index contributed by atoms with van der Waals surface area (Å²) >= 11 is 0. The van der Waals surface area contributed by atoms with Crippen molar-refractivity contribution in [1.29, 1.82) is 0 Å². The van der Waals surface area contributed by atoms with E-state index in [4.69, 9.17) is 0 Å². The van der Waals surface area contributed by atoms with Crippen LogP contribution in [0.2, 0.25) is 0 Å². The van der Waals surface area contributed by atoms with E-state index in [1.54, 1.807) is 18.2 Å². The molecule has 1 atom stereocenters. The average Bonchev–Trinajstić information content (AvgIpc) is 2.46. The van der Waals surface area contributed by atoms with Gasteiger partial charge in [0, 0.05) is 5.69 Å². The summed E-state index contributed by atoms with van der Waals surface area (Å²) in [6, 6.07) is 4.59. The highest BCUT2D eigenvalue weighted by Gasteiger charge is 2.50. The molecule has 1 heterocycles. The molecular formula is C15H20N3O4S+. The zero-order valence-corrected chi connectivity index (χ0v) is 14.6. The molecule has 1 aromatic rings. The number of aryl methyl sites for hydroxylation is 2. The normalized spacial score (nSPS) is 19.3. The summed E-state index contributed by atoms with van der Waals surface area (Å²) < 4.78 is 28.9. The molecule has 0 aliphatic carbocycles. The van der Waals surface area contributed by atoms with Gasteiger partial charge in [-0.3, -0.25) is 4.72 Å². The second kappa shape index (κ2) is 5.77. The summed E-state index contributed by atoms with van der Waals surface area (Å²) in [5.74, 6) is -0.762. The summed E-state index contributed by atoms with van der Waals surface area (Å²) in [7, 11) is -1.31. The van der Waals surface area contributed by atoms with Crippen LogP contribution >= 0.6 is 0 Å². The van der Waals surface area contributed by atoms with E-state index in [0.717, 1.165) is 16.0 Å². The highest BCUT2D eigenvalue weighted by atomic mass is 32.2. The van der Waals surface area contributed by atoms with E-state index in [-0.39, 0.29) is 5.71 Å². The summed E-state index contributed by atoms with van der Waals surface area (Å²) in [6.45, 7) is 5.26. The van der Waals surface area contributed by atoms with Crippen molar-refractivity contribution < 1.29 is 22.6 Å². The van der Waals surface area contributed by atoms with Gasteiger partial charge in [0.05, 0.1) is 14.1 Å². The molecule has 0 bridgehead atoms. The third-order valence-corrected chi connectivity index (χ3v) is 5.80. The molecule has 1 N–H and O–H groups in total. The molecule has 3 amide bonds. The SMILES string of the molecule is CC1=[N+](C)C(=O)N(C)C(=O)C1S(=O)(=O)Nc1ccc(C)c(C)c1. The molecule has 0 saturated carbocycles. The molecule has 8 heteroatoms. The monoisotopic (exact) mass is 338 g/mol. The maximum atomic E-state index is 12.7. The van der Waals surface area contributed by atoms with Crippen LogP contribution < -0.4 is 4.72 Å². The molecule has 2 rings (SSSR count). The lowest BCUT2D eigenvalue weighted by molar-refractivity contribution is -0.405. The van der Waals surface area contributed by atoms with Crippen molar-refractivity contribution in [2.75, 3.05) is 18.8 Å². The number of carbonyl (C=O) groups is 2. The lowest BCUT2D eigenvalue weighted by Gasteiger charge is -2.23. The number of hydrogen-bond acceptors (Lipinski definition) is 4. The Morgan fingerprint density at radius 2 is 1.74 bits per heavy atom. The Balaban J connectivity index is 2.44. The maximum absolute atomic E-state index is 12.7. The van der Waals surface area contributed by atoms with Gasteiger partial charge >= 0.3 is 11.9 Å². The van der Waals surface area contributed by atoms with Gasteiger partial charge < -0.3 is 0 Å². The zero-order chi connectivity index (χ0) is 17.5. The van der Waals surface area contributed by atoms with Gasteiger partial charge in [-0.2, -0.15) is 14.3 Å². The molecule has 1 aromatic carbocycles. The molecule has 1 aliphatic rings. The lowest BCUT2D eigenvalue weighted by Crippen LogP contribution is -2.57. The number of sulfonamides is 1. The fourth-order valence-corrected chi connectivity index (χ4v) is 3.99. The van der Waals surface area contributed by atoms with Crippen LogP contribution in [-0.2, 0) is 14.8 Å². The Bertz CT molecular complexity index is 827. The molecule has 1 aliphatic heterocycles. The van der Waals surface area contributed by atoms with Gasteiger partial charge in [-0.05, 0) is 44.0 Å². The largest absolute Gasteiger partial charge is 0.500 e. The van der Waals surface area contributed by atoms with Crippen molar-refractivity contribution in [2.24, 2.45) is 0 Å². The average molecular weight is 338 g/mol. The number of nitrogens with one attached hydrogen (secondary N) is 1. The molecule has 7 nitrogen and oxygen atoms in total. The quantitative estimate of drug-likeness (QED) is 0.837. The zero-order valence-electron chi connectivity index (χ0n) is 13.7. The number of hydrogen-bond donors (Lipinski definition) is 1. The number of rotatable bonds is 3. The summed E-state index contributed by atoms with van der Waals surface area (Å²) in [4.78, 5) is 25.0. The molecule has 0 aromatic heterocycles. The van der Waals surface area contributed by atoms with E-state index >= 15 is 0 Å². The lowest BCUT2D eigenvalue weighted by atomic mass is 10.1. The molecular weight excluding hydrogens is 318 g/mol. The van der Waals surface area contributed by atoms with Crippen LogP contribution in [0.1, 0.15) is 18.1 Å². The van der Waals surface area contributed by atoms with Gasteiger partial charge in [0.1, 0.15) is 5.71 Å². The van der Waals surface area contributed by atoms with Gasteiger partial charge in [-0.1, -0.05) is 6.07 Å². The van der Waals surface area contributed by atoms with Crippen LogP contribution in [0.3, 0.4) is 0 Å². The standard InChI is InChI=1S/C15H20N3O4S/c1-9-6-7-12(8-10(9)2)16-23(21,22)13-11(3)17(4)15(20)18(5)14(13)19/h6-8,13,16H,1-5H3/q+1. The topological polar surface area (TPSA) is 86.6 Å². The Hall–Kier alpha value is -2.22. The van der Waals surface area contributed by atoms with Crippen LogP contribution in [0.15, 0.2) is 18.2 Å². The minimum atomic E-state index is -4.03. The molecule has 0 saturated heterocycles. The fraction of sp³-hybridized carbons (Fsp3) is 0.400. The van der Waals surface area contributed by atoms with Gasteiger partial charge in [-0.25, -0.2) is 13.2 Å². The van der Waals surface area contributed by atoms with Gasteiger partial charge in [0.25, 0.3) is 10.0 Å². The minimum absolute atomic E-state index is 0.175. The molecule has 124 valence electrons. The van der Waals surface area contributed by atoms with E-state index in [1.165, 1.54) is 25.6 Å². The molecule has 0 fully saturated rings. The molecule has 0 spiro atoms. The van der Waals surface area contributed by atoms with Crippen LogP contribution in [-0.4, -0.2) is 54.9 Å². The summed E-state index contributed by atoms with van der Waals surface area (Å²) in [5.41, 5.74) is 2.53. The van der Waals surface area contributed by atoms with Crippen LogP contribution in [0.4, 0.5) is 10.5 Å². The smallest absolute Gasteiger partial charge is 0.282 e. The Labute approximate surface area is 135 Å². The van der Waals surface area contributed by atoms with Crippen molar-refractivity contribution in [2.45, 2.75) is 26.0 Å². The van der Waals surface area contributed by atoms with Crippen LogP contribution in [0.25, 0.3) is 0 Å². The molecule has 0 radical (unpaired) electrons. The van der Waals surface area contributed by atoms with E-state index in [1.807, 2.05) is 13.8 Å².